The van der Waals surface area contributed by atoms with Crippen LogP contribution < -0.4 is 10.1 Å². The highest BCUT2D eigenvalue weighted by atomic mass is 16.5. The quantitative estimate of drug-likeness (QED) is 0.598. The number of hydrogen-bond donors (Lipinski definition) is 1. The number of hydrogen-bond acceptors (Lipinski definition) is 5. The van der Waals surface area contributed by atoms with Gasteiger partial charge in [0.2, 0.25) is 0 Å². The lowest BCUT2D eigenvalue weighted by Crippen LogP contribution is -2.60. The average Bonchev–Trinajstić information content (AvgIpc) is 3.19. The van der Waals surface area contributed by atoms with Gasteiger partial charge in [0, 0.05) is 36.6 Å². The Morgan fingerprint density at radius 2 is 1.94 bits per heavy atom. The van der Waals surface area contributed by atoms with Gasteiger partial charge in [-0.1, -0.05) is 37.3 Å². The smallest absolute Gasteiger partial charge is 0.272 e. The molecule has 5 rings (SSSR count). The van der Waals surface area contributed by atoms with E-state index in [9.17, 15) is 4.79 Å². The molecule has 3 aromatic rings. The first-order chi connectivity index (χ1) is 16.2. The normalized spacial score (nSPS) is 22.9. The molecular formula is C26H32N4O3. The van der Waals surface area contributed by atoms with Crippen LogP contribution in [0.5, 0.6) is 5.75 Å². The van der Waals surface area contributed by atoms with Crippen LogP contribution >= 0.6 is 0 Å². The van der Waals surface area contributed by atoms with Crippen LogP contribution in [0.1, 0.15) is 42.2 Å². The Labute approximate surface area is 194 Å². The number of aryl methyl sites for hydroxylation is 1. The summed E-state index contributed by atoms with van der Waals surface area (Å²) in [5, 5.41) is 8.88. The molecule has 0 spiro atoms. The number of piperidine rings is 1. The number of nitrogens with zero attached hydrogens (tertiary/aromatic N) is 3. The third-order valence-corrected chi connectivity index (χ3v) is 6.81. The van der Waals surface area contributed by atoms with Crippen molar-refractivity contribution in [2.45, 2.75) is 57.4 Å². The maximum Gasteiger partial charge on any atom is 0.272 e. The number of rotatable bonds is 7. The van der Waals surface area contributed by atoms with Gasteiger partial charge in [0.15, 0.2) is 5.69 Å². The summed E-state index contributed by atoms with van der Waals surface area (Å²) < 4.78 is 13.2. The van der Waals surface area contributed by atoms with Gasteiger partial charge in [-0.05, 0) is 43.0 Å². The van der Waals surface area contributed by atoms with Crippen molar-refractivity contribution in [3.63, 3.8) is 0 Å². The molecule has 0 radical (unpaired) electrons. The average molecular weight is 449 g/mol. The van der Waals surface area contributed by atoms with Crippen molar-refractivity contribution in [1.29, 1.82) is 0 Å². The maximum atomic E-state index is 13.3. The van der Waals surface area contributed by atoms with Gasteiger partial charge in [-0.2, -0.15) is 5.10 Å². The fourth-order valence-electron chi connectivity index (χ4n) is 5.28. The molecule has 33 heavy (non-hydrogen) atoms. The molecule has 1 N–H and O–H groups in total. The SMILES string of the molecule is CCCn1nc(C(=O)N[C@H]2C[C@H]3COC[C@@H](C2)N3Cc2cccc(OC)c2)c2ccccc21. The van der Waals surface area contributed by atoms with Crippen molar-refractivity contribution >= 4 is 16.8 Å². The van der Waals surface area contributed by atoms with Crippen LogP contribution in [-0.4, -0.2) is 59.0 Å². The minimum atomic E-state index is -0.0775. The van der Waals surface area contributed by atoms with Gasteiger partial charge in [-0.15, -0.1) is 0 Å². The fraction of sp³-hybridized carbons (Fsp3) is 0.462. The van der Waals surface area contributed by atoms with Crippen LogP contribution in [0.25, 0.3) is 10.9 Å². The molecule has 0 unspecified atom stereocenters. The van der Waals surface area contributed by atoms with Crippen LogP contribution in [0, 0.1) is 0 Å². The number of fused-ring (bicyclic) bond motifs is 3. The molecule has 2 aliphatic heterocycles. The maximum absolute atomic E-state index is 13.3. The number of carbonyl (C=O) groups excluding carboxylic acids is 1. The van der Waals surface area contributed by atoms with Gasteiger partial charge in [0.25, 0.3) is 5.91 Å². The van der Waals surface area contributed by atoms with Gasteiger partial charge in [-0.3, -0.25) is 14.4 Å². The Morgan fingerprint density at radius 1 is 1.15 bits per heavy atom. The van der Waals surface area contributed by atoms with Crippen molar-refractivity contribution in [2.24, 2.45) is 0 Å². The molecular weight excluding hydrogens is 416 g/mol. The van der Waals surface area contributed by atoms with Gasteiger partial charge in [0.1, 0.15) is 5.75 Å². The first-order valence-electron chi connectivity index (χ1n) is 11.9. The molecule has 3 heterocycles. The second kappa shape index (κ2) is 9.53. The summed E-state index contributed by atoms with van der Waals surface area (Å²) in [6, 6.07) is 16.9. The van der Waals surface area contributed by atoms with E-state index in [-0.39, 0.29) is 24.0 Å². The van der Waals surface area contributed by atoms with E-state index in [1.807, 2.05) is 41.1 Å². The van der Waals surface area contributed by atoms with E-state index in [1.54, 1.807) is 7.11 Å². The van der Waals surface area contributed by atoms with Crippen LogP contribution in [0.15, 0.2) is 48.5 Å². The number of benzene rings is 2. The number of carbonyl (C=O) groups is 1. The first-order valence-corrected chi connectivity index (χ1v) is 11.9. The molecule has 2 saturated heterocycles. The standard InChI is InChI=1S/C26H32N4O3/c1-3-11-30-24-10-5-4-9-23(24)25(28-30)26(31)27-19-13-20-16-33-17-21(14-19)29(20)15-18-7-6-8-22(12-18)32-2/h4-10,12,19-21H,3,11,13-17H2,1-2H3,(H,27,31)/t19-,20-,21+. The Morgan fingerprint density at radius 3 is 2.70 bits per heavy atom. The zero-order valence-corrected chi connectivity index (χ0v) is 19.4. The number of morpholine rings is 1. The van der Waals surface area contributed by atoms with Crippen molar-refractivity contribution in [3.8, 4) is 5.75 Å². The lowest BCUT2D eigenvalue weighted by molar-refractivity contribution is -0.0843. The second-order valence-electron chi connectivity index (χ2n) is 9.10. The van der Waals surface area contributed by atoms with E-state index in [0.29, 0.717) is 18.9 Å². The largest absolute Gasteiger partial charge is 0.497 e. The fourth-order valence-corrected chi connectivity index (χ4v) is 5.28. The van der Waals surface area contributed by atoms with Crippen molar-refractivity contribution in [3.05, 3.63) is 59.8 Å². The van der Waals surface area contributed by atoms with E-state index in [2.05, 4.69) is 34.4 Å². The molecule has 2 aromatic carbocycles. The summed E-state index contributed by atoms with van der Waals surface area (Å²) in [5.74, 6) is 0.803. The van der Waals surface area contributed by atoms with Gasteiger partial charge < -0.3 is 14.8 Å². The number of aromatic nitrogens is 2. The summed E-state index contributed by atoms with van der Waals surface area (Å²) in [6.07, 6.45) is 2.72. The molecule has 7 heteroatoms. The summed E-state index contributed by atoms with van der Waals surface area (Å²) >= 11 is 0. The van der Waals surface area contributed by atoms with Crippen molar-refractivity contribution in [1.82, 2.24) is 20.0 Å². The summed E-state index contributed by atoms with van der Waals surface area (Å²) in [7, 11) is 1.70. The van der Waals surface area contributed by atoms with Crippen LogP contribution in [0.3, 0.4) is 0 Å². The highest BCUT2D eigenvalue weighted by Crippen LogP contribution is 2.30. The zero-order chi connectivity index (χ0) is 22.8. The molecule has 3 atom stereocenters. The van der Waals surface area contributed by atoms with Crippen LogP contribution in [0.2, 0.25) is 0 Å². The predicted octanol–water partition coefficient (Wildman–Crippen LogP) is 3.62. The van der Waals surface area contributed by atoms with E-state index in [0.717, 1.165) is 49.0 Å². The lowest BCUT2D eigenvalue weighted by Gasteiger charge is -2.48. The molecule has 7 nitrogen and oxygen atoms in total. The molecule has 174 valence electrons. The van der Waals surface area contributed by atoms with Gasteiger partial charge >= 0.3 is 0 Å². The molecule has 0 aliphatic carbocycles. The number of methoxy groups -OCH3 is 1. The number of ether oxygens (including phenoxy) is 2. The van der Waals surface area contributed by atoms with Gasteiger partial charge in [0.05, 0.1) is 25.8 Å². The Bertz CT molecular complexity index is 1110. The van der Waals surface area contributed by atoms with E-state index < -0.39 is 0 Å². The Balaban J connectivity index is 1.30. The van der Waals surface area contributed by atoms with Crippen molar-refractivity contribution < 1.29 is 14.3 Å². The number of amides is 1. The van der Waals surface area contributed by atoms with Gasteiger partial charge in [-0.25, -0.2) is 0 Å². The highest BCUT2D eigenvalue weighted by molar-refractivity contribution is 6.05. The van der Waals surface area contributed by atoms with Crippen molar-refractivity contribution in [2.75, 3.05) is 20.3 Å². The van der Waals surface area contributed by atoms with Crippen LogP contribution in [-0.2, 0) is 17.8 Å². The molecule has 0 saturated carbocycles. The minimum absolute atomic E-state index is 0.0775. The monoisotopic (exact) mass is 448 g/mol. The summed E-state index contributed by atoms with van der Waals surface area (Å²) in [4.78, 5) is 15.8. The summed E-state index contributed by atoms with van der Waals surface area (Å²) in [6.45, 7) is 5.18. The summed E-state index contributed by atoms with van der Waals surface area (Å²) in [5.41, 5.74) is 2.78. The minimum Gasteiger partial charge on any atom is -0.497 e. The molecule has 2 bridgehead atoms. The number of nitrogens with one attached hydrogen (secondary N) is 1. The second-order valence-corrected chi connectivity index (χ2v) is 9.10. The topological polar surface area (TPSA) is 68.6 Å². The molecule has 1 aromatic heterocycles. The van der Waals surface area contributed by atoms with E-state index >= 15 is 0 Å². The Kier molecular flexibility index (Phi) is 6.33. The third kappa shape index (κ3) is 4.48. The van der Waals surface area contributed by atoms with Crippen LogP contribution in [0.4, 0.5) is 0 Å². The predicted molar refractivity (Wildman–Crippen MR) is 127 cm³/mol. The molecule has 2 fully saturated rings. The molecule has 1 amide bonds. The highest BCUT2D eigenvalue weighted by Gasteiger charge is 2.39. The molecule has 2 aliphatic rings. The Hall–Kier alpha value is -2.90. The first kappa shape index (κ1) is 21.9. The third-order valence-electron chi connectivity index (χ3n) is 6.81. The van der Waals surface area contributed by atoms with E-state index in [4.69, 9.17) is 9.47 Å². The zero-order valence-electron chi connectivity index (χ0n) is 19.4. The number of para-hydroxylation sites is 1. The van der Waals surface area contributed by atoms with E-state index in [1.165, 1.54) is 5.56 Å². The lowest BCUT2D eigenvalue weighted by atomic mass is 9.89.